The maximum absolute atomic E-state index is 13.2. The Bertz CT molecular complexity index is 1170. The molecule has 0 bridgehead atoms. The molecule has 1 amide bonds. The smallest absolute Gasteiger partial charge is 0.243 e. The fourth-order valence-electron chi connectivity index (χ4n) is 4.21. The van der Waals surface area contributed by atoms with Gasteiger partial charge in [0.25, 0.3) is 0 Å². The van der Waals surface area contributed by atoms with Crippen LogP contribution in [0, 0.1) is 11.7 Å². The summed E-state index contributed by atoms with van der Waals surface area (Å²) in [6.07, 6.45) is 1.85. The molecular formula is C26H27FN2O3S. The van der Waals surface area contributed by atoms with Gasteiger partial charge in [-0.05, 0) is 54.7 Å². The fraction of sp³-hybridized carbons (Fsp3) is 0.269. The van der Waals surface area contributed by atoms with Gasteiger partial charge >= 0.3 is 0 Å². The van der Waals surface area contributed by atoms with Gasteiger partial charge in [0, 0.05) is 13.1 Å². The molecule has 3 aromatic carbocycles. The third-order valence-corrected chi connectivity index (χ3v) is 7.89. The second kappa shape index (κ2) is 10.3. The van der Waals surface area contributed by atoms with Gasteiger partial charge in [-0.2, -0.15) is 4.31 Å². The molecule has 1 saturated heterocycles. The first-order valence-electron chi connectivity index (χ1n) is 11.1. The maximum Gasteiger partial charge on any atom is 0.243 e. The summed E-state index contributed by atoms with van der Waals surface area (Å²) in [5.41, 5.74) is 2.11. The van der Waals surface area contributed by atoms with E-state index >= 15 is 0 Å². The molecule has 3 aromatic rings. The molecule has 5 nitrogen and oxygen atoms in total. The Morgan fingerprint density at radius 2 is 1.61 bits per heavy atom. The first kappa shape index (κ1) is 23.1. The van der Waals surface area contributed by atoms with Crippen LogP contribution < -0.4 is 5.32 Å². The van der Waals surface area contributed by atoms with E-state index < -0.39 is 21.8 Å². The Kier molecular flexibility index (Phi) is 7.20. The highest BCUT2D eigenvalue weighted by Gasteiger charge is 2.34. The average Bonchev–Trinajstić information content (AvgIpc) is 2.85. The summed E-state index contributed by atoms with van der Waals surface area (Å²) in [5, 5.41) is 3.16. The Morgan fingerprint density at radius 3 is 2.27 bits per heavy atom. The van der Waals surface area contributed by atoms with Crippen LogP contribution in [0.25, 0.3) is 0 Å². The first-order valence-corrected chi connectivity index (χ1v) is 12.5. The molecule has 0 aliphatic carbocycles. The van der Waals surface area contributed by atoms with Crippen LogP contribution in [0.4, 0.5) is 4.39 Å². The quantitative estimate of drug-likeness (QED) is 0.564. The number of halogens is 1. The SMILES string of the molecule is O=C(N[C@H](Cc1ccccc1)c1ccccc1)[C@@H]1CCCN(S(=O)(=O)c2ccc(F)cc2)C1. The van der Waals surface area contributed by atoms with E-state index in [9.17, 15) is 17.6 Å². The molecule has 0 unspecified atom stereocenters. The molecule has 7 heteroatoms. The molecule has 172 valence electrons. The van der Waals surface area contributed by atoms with E-state index in [2.05, 4.69) is 5.32 Å². The Balaban J connectivity index is 1.49. The standard InChI is InChI=1S/C26H27FN2O3S/c27-23-13-15-24(16-14-23)33(31,32)29-17-7-12-22(19-29)26(30)28-25(21-10-5-2-6-11-21)18-20-8-3-1-4-9-20/h1-6,8-11,13-16,22,25H,7,12,17-19H2,(H,28,30)/t22-,25-/m1/s1. The van der Waals surface area contributed by atoms with Crippen molar-refractivity contribution in [2.45, 2.75) is 30.2 Å². The van der Waals surface area contributed by atoms with E-state index in [0.717, 1.165) is 23.3 Å². The molecule has 1 fully saturated rings. The normalized spacial score (nSPS) is 17.9. The highest BCUT2D eigenvalue weighted by atomic mass is 32.2. The molecule has 0 spiro atoms. The van der Waals surface area contributed by atoms with E-state index in [1.54, 1.807) is 0 Å². The zero-order valence-electron chi connectivity index (χ0n) is 18.2. The lowest BCUT2D eigenvalue weighted by Crippen LogP contribution is -2.46. The van der Waals surface area contributed by atoms with E-state index in [1.165, 1.54) is 16.4 Å². The average molecular weight is 467 g/mol. The number of amides is 1. The summed E-state index contributed by atoms with van der Waals surface area (Å²) >= 11 is 0. The van der Waals surface area contributed by atoms with Crippen LogP contribution in [0.3, 0.4) is 0 Å². The Labute approximate surface area is 194 Å². The Morgan fingerprint density at radius 1 is 0.970 bits per heavy atom. The zero-order valence-corrected chi connectivity index (χ0v) is 19.0. The molecule has 0 saturated carbocycles. The van der Waals surface area contributed by atoms with E-state index in [0.29, 0.717) is 25.8 Å². The number of piperidine rings is 1. The number of rotatable bonds is 7. The number of sulfonamides is 1. The summed E-state index contributed by atoms with van der Waals surface area (Å²) in [4.78, 5) is 13.3. The number of nitrogens with zero attached hydrogens (tertiary/aromatic N) is 1. The second-order valence-electron chi connectivity index (χ2n) is 8.32. The van der Waals surface area contributed by atoms with Crippen molar-refractivity contribution < 1.29 is 17.6 Å². The van der Waals surface area contributed by atoms with Crippen LogP contribution in [0.1, 0.15) is 30.0 Å². The zero-order chi connectivity index (χ0) is 23.3. The van der Waals surface area contributed by atoms with Gasteiger partial charge in [0.1, 0.15) is 5.82 Å². The molecule has 0 radical (unpaired) electrons. The molecule has 1 heterocycles. The number of benzene rings is 3. The third kappa shape index (κ3) is 5.67. The molecule has 1 aliphatic heterocycles. The minimum atomic E-state index is -3.79. The highest BCUT2D eigenvalue weighted by molar-refractivity contribution is 7.89. The highest BCUT2D eigenvalue weighted by Crippen LogP contribution is 2.26. The lowest BCUT2D eigenvalue weighted by atomic mass is 9.95. The second-order valence-corrected chi connectivity index (χ2v) is 10.3. The summed E-state index contributed by atoms with van der Waals surface area (Å²) in [5.74, 6) is -1.09. The molecule has 33 heavy (non-hydrogen) atoms. The number of carbonyl (C=O) groups excluding carboxylic acids is 1. The minimum Gasteiger partial charge on any atom is -0.349 e. The van der Waals surface area contributed by atoms with Crippen molar-refractivity contribution in [2.75, 3.05) is 13.1 Å². The van der Waals surface area contributed by atoms with E-state index in [4.69, 9.17) is 0 Å². The summed E-state index contributed by atoms with van der Waals surface area (Å²) in [6, 6.07) is 24.3. The van der Waals surface area contributed by atoms with Crippen molar-refractivity contribution in [2.24, 2.45) is 5.92 Å². The van der Waals surface area contributed by atoms with Crippen LogP contribution >= 0.6 is 0 Å². The predicted octanol–water partition coefficient (Wildman–Crippen LogP) is 4.33. The molecule has 0 aromatic heterocycles. The minimum absolute atomic E-state index is 0.0381. The lowest BCUT2D eigenvalue weighted by molar-refractivity contribution is -0.126. The number of hydrogen-bond acceptors (Lipinski definition) is 3. The molecule has 1 N–H and O–H groups in total. The van der Waals surface area contributed by atoms with Gasteiger partial charge in [0.15, 0.2) is 0 Å². The van der Waals surface area contributed by atoms with Crippen LogP contribution in [-0.2, 0) is 21.2 Å². The molecular weight excluding hydrogens is 439 g/mol. The summed E-state index contributed by atoms with van der Waals surface area (Å²) in [6.45, 7) is 0.452. The summed E-state index contributed by atoms with van der Waals surface area (Å²) < 4.78 is 40.6. The number of hydrogen-bond donors (Lipinski definition) is 1. The van der Waals surface area contributed by atoms with Gasteiger partial charge in [0.05, 0.1) is 16.9 Å². The van der Waals surface area contributed by atoms with Gasteiger partial charge in [-0.1, -0.05) is 60.7 Å². The topological polar surface area (TPSA) is 66.5 Å². The van der Waals surface area contributed by atoms with Gasteiger partial charge in [0.2, 0.25) is 15.9 Å². The third-order valence-electron chi connectivity index (χ3n) is 6.01. The van der Waals surface area contributed by atoms with E-state index in [1.807, 2.05) is 60.7 Å². The van der Waals surface area contributed by atoms with Crippen molar-refractivity contribution in [1.29, 1.82) is 0 Å². The first-order chi connectivity index (χ1) is 15.9. The number of carbonyl (C=O) groups is 1. The van der Waals surface area contributed by atoms with Crippen LogP contribution in [0.5, 0.6) is 0 Å². The Hall–Kier alpha value is -3.03. The van der Waals surface area contributed by atoms with Crippen molar-refractivity contribution in [3.8, 4) is 0 Å². The van der Waals surface area contributed by atoms with E-state index in [-0.39, 0.29) is 23.4 Å². The largest absolute Gasteiger partial charge is 0.349 e. The predicted molar refractivity (Wildman–Crippen MR) is 125 cm³/mol. The van der Waals surface area contributed by atoms with Crippen molar-refractivity contribution >= 4 is 15.9 Å². The van der Waals surface area contributed by atoms with Crippen LogP contribution in [0.2, 0.25) is 0 Å². The lowest BCUT2D eigenvalue weighted by Gasteiger charge is -2.32. The van der Waals surface area contributed by atoms with Crippen molar-refractivity contribution in [3.05, 3.63) is 102 Å². The van der Waals surface area contributed by atoms with Gasteiger partial charge < -0.3 is 5.32 Å². The maximum atomic E-state index is 13.2. The van der Waals surface area contributed by atoms with Crippen molar-refractivity contribution in [1.82, 2.24) is 9.62 Å². The molecule has 2 atom stereocenters. The summed E-state index contributed by atoms with van der Waals surface area (Å²) in [7, 11) is -3.79. The van der Waals surface area contributed by atoms with Gasteiger partial charge in [-0.25, -0.2) is 12.8 Å². The molecule has 4 rings (SSSR count). The fourth-order valence-corrected chi connectivity index (χ4v) is 5.73. The monoisotopic (exact) mass is 466 g/mol. The van der Waals surface area contributed by atoms with Gasteiger partial charge in [-0.15, -0.1) is 0 Å². The molecule has 1 aliphatic rings. The van der Waals surface area contributed by atoms with Gasteiger partial charge in [-0.3, -0.25) is 4.79 Å². The van der Waals surface area contributed by atoms with Crippen LogP contribution in [-0.4, -0.2) is 31.7 Å². The van der Waals surface area contributed by atoms with Crippen molar-refractivity contribution in [3.63, 3.8) is 0 Å². The van der Waals surface area contributed by atoms with Crippen LogP contribution in [0.15, 0.2) is 89.8 Å². The number of nitrogens with one attached hydrogen (secondary N) is 1.